The lowest BCUT2D eigenvalue weighted by molar-refractivity contribution is -0.148. The van der Waals surface area contributed by atoms with E-state index in [9.17, 15) is 9.36 Å². The number of carbonyl (C=O) groups excluding carboxylic acids is 1. The molecule has 3 unspecified atom stereocenters. The van der Waals surface area contributed by atoms with Crippen LogP contribution in [0.4, 0.5) is 5.82 Å². The van der Waals surface area contributed by atoms with Crippen molar-refractivity contribution in [2.24, 2.45) is 0 Å². The van der Waals surface area contributed by atoms with Gasteiger partial charge in [-0.1, -0.05) is 90.4 Å². The topological polar surface area (TPSA) is 143 Å². The van der Waals surface area contributed by atoms with Gasteiger partial charge in [0.15, 0.2) is 18.8 Å². The minimum absolute atomic E-state index is 0.0177. The zero-order valence-electron chi connectivity index (χ0n) is 29.4. The minimum Gasteiger partial charge on any atom is -0.462 e. The maximum atomic E-state index is 14.0. The van der Waals surface area contributed by atoms with E-state index in [2.05, 4.69) is 27.0 Å². The van der Waals surface area contributed by atoms with E-state index in [0.717, 1.165) is 6.42 Å². The van der Waals surface area contributed by atoms with Gasteiger partial charge in [0.1, 0.15) is 24.2 Å². The Kier molecular flexibility index (Phi) is 20.3. The van der Waals surface area contributed by atoms with Crippen molar-refractivity contribution < 1.29 is 23.6 Å². The standard InChI is InChI=1S/C34H63N6O5P/c1-6-7-8-9-10-11-12-13-14-15-16-17-18-19-21-43-22-20-23-46(42,39-30(5)34(41)45-28(2)3)27-44-29(4)24-40-26-38-31-32(35)36-25-37-33(31)40/h25-26,28-30H,6-24,27H2,1-5H3,(H,39,42)(H2,35,36,37). The number of nitrogens with zero attached hydrogens (tertiary/aromatic N) is 4. The lowest BCUT2D eigenvalue weighted by atomic mass is 10.0. The highest BCUT2D eigenvalue weighted by atomic mass is 31.2. The molecule has 3 atom stereocenters. The molecule has 0 bridgehead atoms. The van der Waals surface area contributed by atoms with E-state index in [-0.39, 0.29) is 18.6 Å². The van der Waals surface area contributed by atoms with Crippen LogP contribution >= 0.6 is 7.29 Å². The Bertz CT molecular complexity index is 1150. The number of anilines is 1. The summed E-state index contributed by atoms with van der Waals surface area (Å²) in [7, 11) is -3.09. The van der Waals surface area contributed by atoms with Gasteiger partial charge in [-0.3, -0.25) is 9.88 Å². The zero-order chi connectivity index (χ0) is 33.6. The Balaban J connectivity index is 1.67. The highest BCUT2D eigenvalue weighted by Gasteiger charge is 2.29. The molecule has 2 rings (SSSR count). The quantitative estimate of drug-likeness (QED) is 0.0523. The Morgan fingerprint density at radius 3 is 2.07 bits per heavy atom. The first kappa shape index (κ1) is 40.1. The molecule has 0 amide bonds. The van der Waals surface area contributed by atoms with E-state index >= 15 is 0 Å². The molecule has 2 heterocycles. The first-order valence-electron chi connectivity index (χ1n) is 17.8. The zero-order valence-corrected chi connectivity index (χ0v) is 30.3. The highest BCUT2D eigenvalue weighted by molar-refractivity contribution is 7.61. The molecule has 264 valence electrons. The van der Waals surface area contributed by atoms with Crippen LogP contribution in [0.2, 0.25) is 0 Å². The maximum absolute atomic E-state index is 14.0. The van der Waals surface area contributed by atoms with E-state index < -0.39 is 19.3 Å². The van der Waals surface area contributed by atoms with Crippen molar-refractivity contribution in [2.75, 3.05) is 31.5 Å². The lowest BCUT2D eigenvalue weighted by Gasteiger charge is -2.25. The van der Waals surface area contributed by atoms with Gasteiger partial charge in [-0.15, -0.1) is 0 Å². The van der Waals surface area contributed by atoms with Gasteiger partial charge in [0, 0.05) is 19.4 Å². The van der Waals surface area contributed by atoms with E-state index in [4.69, 9.17) is 19.9 Å². The SMILES string of the molecule is CCCCCCCCCCCCCCCCOCCCP(=O)(COC(C)Cn1cnc2c(N)ncnc21)NC(C)C(=O)OC(C)C. The number of ether oxygens (including phenoxy) is 3. The third-order valence-electron chi connectivity index (χ3n) is 8.04. The van der Waals surface area contributed by atoms with Crippen molar-refractivity contribution in [3.8, 4) is 0 Å². The lowest BCUT2D eigenvalue weighted by Crippen LogP contribution is -2.36. The number of esters is 1. The molecule has 0 aliphatic heterocycles. The van der Waals surface area contributed by atoms with Gasteiger partial charge in [0.25, 0.3) is 0 Å². The van der Waals surface area contributed by atoms with Crippen molar-refractivity contribution >= 4 is 30.2 Å². The summed E-state index contributed by atoms with van der Waals surface area (Å²) in [5.74, 6) is -0.112. The van der Waals surface area contributed by atoms with Crippen LogP contribution in [0.5, 0.6) is 0 Å². The maximum Gasteiger partial charge on any atom is 0.323 e. The summed E-state index contributed by atoms with van der Waals surface area (Å²) in [5, 5.41) is 3.05. The molecular weight excluding hydrogens is 603 g/mol. The molecular formula is C34H63N6O5P. The monoisotopic (exact) mass is 666 g/mol. The van der Waals surface area contributed by atoms with Gasteiger partial charge in [-0.2, -0.15) is 0 Å². The van der Waals surface area contributed by atoms with Crippen LogP contribution in [-0.4, -0.2) is 69.5 Å². The van der Waals surface area contributed by atoms with Crippen LogP contribution in [0.1, 0.15) is 131 Å². The Hall–Kier alpha value is -2.07. The summed E-state index contributed by atoms with van der Waals surface area (Å²) >= 11 is 0. The highest BCUT2D eigenvalue weighted by Crippen LogP contribution is 2.42. The number of fused-ring (bicyclic) bond motifs is 1. The van der Waals surface area contributed by atoms with E-state index in [0.29, 0.717) is 49.3 Å². The number of aromatic nitrogens is 4. The molecule has 0 aliphatic rings. The summed E-state index contributed by atoms with van der Waals surface area (Å²) in [5.41, 5.74) is 7.06. The molecule has 12 heteroatoms. The molecule has 0 radical (unpaired) electrons. The van der Waals surface area contributed by atoms with E-state index in [1.54, 1.807) is 27.1 Å². The summed E-state index contributed by atoms with van der Waals surface area (Å²) in [6.45, 7) is 11.1. The molecule has 0 saturated heterocycles. The second-order valence-corrected chi connectivity index (χ2v) is 15.7. The number of rotatable bonds is 28. The van der Waals surface area contributed by atoms with Crippen molar-refractivity contribution in [3.63, 3.8) is 0 Å². The van der Waals surface area contributed by atoms with Crippen molar-refractivity contribution in [1.29, 1.82) is 0 Å². The van der Waals surface area contributed by atoms with Crippen molar-refractivity contribution in [2.45, 2.75) is 156 Å². The van der Waals surface area contributed by atoms with Gasteiger partial charge < -0.3 is 29.1 Å². The second-order valence-electron chi connectivity index (χ2n) is 12.9. The van der Waals surface area contributed by atoms with Crippen LogP contribution in [0.15, 0.2) is 12.7 Å². The van der Waals surface area contributed by atoms with Crippen LogP contribution in [-0.2, 0) is 30.1 Å². The van der Waals surface area contributed by atoms with Crippen LogP contribution in [0.25, 0.3) is 11.2 Å². The van der Waals surface area contributed by atoms with E-state index in [1.165, 1.54) is 89.8 Å². The summed E-state index contributed by atoms with van der Waals surface area (Å²) in [4.78, 5) is 25.0. The van der Waals surface area contributed by atoms with Gasteiger partial charge in [-0.25, -0.2) is 15.0 Å². The number of imidazole rings is 1. The molecule has 3 N–H and O–H groups in total. The van der Waals surface area contributed by atoms with Crippen molar-refractivity contribution in [1.82, 2.24) is 24.6 Å². The fraction of sp³-hybridized carbons (Fsp3) is 0.824. The predicted octanol–water partition coefficient (Wildman–Crippen LogP) is 7.87. The predicted molar refractivity (Wildman–Crippen MR) is 187 cm³/mol. The third kappa shape index (κ3) is 16.7. The first-order valence-corrected chi connectivity index (χ1v) is 19.9. The summed E-state index contributed by atoms with van der Waals surface area (Å²) < 4.78 is 33.1. The fourth-order valence-electron chi connectivity index (χ4n) is 5.44. The number of hydrogen-bond acceptors (Lipinski definition) is 9. The number of carbonyl (C=O) groups is 1. The molecule has 11 nitrogen and oxygen atoms in total. The smallest absolute Gasteiger partial charge is 0.323 e. The third-order valence-corrected chi connectivity index (χ3v) is 10.5. The Morgan fingerprint density at radius 2 is 1.46 bits per heavy atom. The molecule has 0 aliphatic carbocycles. The van der Waals surface area contributed by atoms with Gasteiger partial charge in [-0.05, 0) is 40.5 Å². The second kappa shape index (κ2) is 23.3. The largest absolute Gasteiger partial charge is 0.462 e. The van der Waals surface area contributed by atoms with Gasteiger partial charge in [0.05, 0.1) is 25.1 Å². The van der Waals surface area contributed by atoms with Crippen LogP contribution < -0.4 is 10.8 Å². The molecule has 0 fully saturated rings. The van der Waals surface area contributed by atoms with Gasteiger partial charge >= 0.3 is 5.97 Å². The average molecular weight is 667 g/mol. The Morgan fingerprint density at radius 1 is 0.870 bits per heavy atom. The molecule has 0 spiro atoms. The number of nitrogen functional groups attached to an aromatic ring is 1. The van der Waals surface area contributed by atoms with Crippen LogP contribution in [0, 0.1) is 0 Å². The average Bonchev–Trinajstić information content (AvgIpc) is 3.43. The molecule has 2 aromatic rings. The first-order chi connectivity index (χ1) is 22.1. The van der Waals surface area contributed by atoms with Crippen molar-refractivity contribution in [3.05, 3.63) is 12.7 Å². The molecule has 0 saturated carbocycles. The molecule has 0 aromatic carbocycles. The minimum atomic E-state index is -3.09. The number of hydrogen-bond donors (Lipinski definition) is 2. The fourth-order valence-corrected chi connectivity index (χ4v) is 7.72. The van der Waals surface area contributed by atoms with Gasteiger partial charge in [0.2, 0.25) is 0 Å². The van der Waals surface area contributed by atoms with Crippen LogP contribution in [0.3, 0.4) is 0 Å². The Labute approximate surface area is 278 Å². The number of nitrogens with one attached hydrogen (secondary N) is 1. The number of unbranched alkanes of at least 4 members (excludes halogenated alkanes) is 13. The van der Waals surface area contributed by atoms with E-state index in [1.807, 2.05) is 11.5 Å². The summed E-state index contributed by atoms with van der Waals surface area (Å²) in [6, 6.07) is -0.721. The molecule has 2 aromatic heterocycles. The summed E-state index contributed by atoms with van der Waals surface area (Å²) in [6.07, 6.45) is 22.0. The molecule has 46 heavy (non-hydrogen) atoms. The number of nitrogens with two attached hydrogens (primary N) is 1. The normalized spacial score (nSPS) is 14.5.